The summed E-state index contributed by atoms with van der Waals surface area (Å²) in [4.78, 5) is 15.4. The van der Waals surface area contributed by atoms with Crippen molar-refractivity contribution in [3.63, 3.8) is 0 Å². The number of rotatable bonds is 8. The molecule has 2 aromatic rings. The van der Waals surface area contributed by atoms with Gasteiger partial charge in [0.2, 0.25) is 5.91 Å². The molecule has 0 saturated carbocycles. The van der Waals surface area contributed by atoms with Crippen molar-refractivity contribution in [3.05, 3.63) is 54.1 Å². The zero-order valence-electron chi connectivity index (χ0n) is 15.2. The molecule has 0 aliphatic rings. The highest BCUT2D eigenvalue weighted by Gasteiger charge is 2.20. The molecule has 0 aliphatic heterocycles. The molecule has 4 nitrogen and oxygen atoms in total. The lowest BCUT2D eigenvalue weighted by molar-refractivity contribution is -0.128. The van der Waals surface area contributed by atoms with Gasteiger partial charge in [-0.25, -0.2) is 0 Å². The van der Waals surface area contributed by atoms with Gasteiger partial charge >= 0.3 is 0 Å². The first-order chi connectivity index (χ1) is 12.1. The zero-order valence-corrected chi connectivity index (χ0v) is 16.0. The summed E-state index contributed by atoms with van der Waals surface area (Å²) in [5, 5.41) is 0. The highest BCUT2D eigenvalue weighted by molar-refractivity contribution is 8.00. The molecule has 0 spiro atoms. The second-order valence-electron chi connectivity index (χ2n) is 5.62. The molecule has 134 valence electrons. The minimum absolute atomic E-state index is 0.0513. The quantitative estimate of drug-likeness (QED) is 0.655. The summed E-state index contributed by atoms with van der Waals surface area (Å²) >= 11 is 1.53. The molecule has 5 heteroatoms. The van der Waals surface area contributed by atoms with Crippen molar-refractivity contribution in [1.82, 2.24) is 4.90 Å². The summed E-state index contributed by atoms with van der Waals surface area (Å²) in [5.41, 5.74) is 1.01. The summed E-state index contributed by atoms with van der Waals surface area (Å²) in [5.74, 6) is 2.12. The van der Waals surface area contributed by atoms with E-state index in [2.05, 4.69) is 0 Å². The number of amides is 1. The van der Waals surface area contributed by atoms with E-state index in [1.165, 1.54) is 11.8 Å². The maximum atomic E-state index is 12.5. The van der Waals surface area contributed by atoms with Crippen molar-refractivity contribution < 1.29 is 14.3 Å². The van der Waals surface area contributed by atoms with Crippen molar-refractivity contribution >= 4 is 17.7 Å². The maximum Gasteiger partial charge on any atom is 0.233 e. The van der Waals surface area contributed by atoms with Crippen LogP contribution in [0.15, 0.2) is 53.4 Å². The Bertz CT molecular complexity index is 688. The van der Waals surface area contributed by atoms with Crippen LogP contribution in [0.4, 0.5) is 0 Å². The van der Waals surface area contributed by atoms with Crippen molar-refractivity contribution in [1.29, 1.82) is 0 Å². The Balaban J connectivity index is 1.95. The van der Waals surface area contributed by atoms with Crippen LogP contribution in [0.5, 0.6) is 11.5 Å². The van der Waals surface area contributed by atoms with E-state index < -0.39 is 0 Å². The molecule has 2 rings (SSSR count). The third-order valence-corrected chi connectivity index (χ3v) is 5.06. The summed E-state index contributed by atoms with van der Waals surface area (Å²) in [6, 6.07) is 15.6. The number of carbonyl (C=O) groups is 1. The van der Waals surface area contributed by atoms with E-state index in [4.69, 9.17) is 9.47 Å². The third kappa shape index (κ3) is 5.16. The Hall–Kier alpha value is -2.14. The van der Waals surface area contributed by atoms with Crippen LogP contribution in [0.3, 0.4) is 0 Å². The number of carbonyl (C=O) groups excluding carboxylic acids is 1. The maximum absolute atomic E-state index is 12.5. The van der Waals surface area contributed by atoms with Gasteiger partial charge in [0.1, 0.15) is 11.5 Å². The lowest BCUT2D eigenvalue weighted by Crippen LogP contribution is -2.31. The zero-order chi connectivity index (χ0) is 18.2. The average molecular weight is 359 g/mol. The van der Waals surface area contributed by atoms with Crippen LogP contribution in [0.1, 0.15) is 25.5 Å². The standard InChI is InChI=1S/C20H25NO3S/c1-5-24-16-10-12-17(13-11-16)25-14-20(22)21(3)15(2)18-8-6-7-9-19(18)23-4/h6-13,15H,5,14H2,1-4H3. The topological polar surface area (TPSA) is 38.8 Å². The first kappa shape index (κ1) is 19.2. The van der Waals surface area contributed by atoms with Gasteiger partial charge in [0.15, 0.2) is 0 Å². The Labute approximate surface area is 154 Å². The molecular weight excluding hydrogens is 334 g/mol. The number of para-hydroxylation sites is 1. The predicted molar refractivity (Wildman–Crippen MR) is 103 cm³/mol. The third-order valence-electron chi connectivity index (χ3n) is 4.06. The molecule has 0 fully saturated rings. The first-order valence-electron chi connectivity index (χ1n) is 8.31. The second-order valence-corrected chi connectivity index (χ2v) is 6.66. The average Bonchev–Trinajstić information content (AvgIpc) is 2.66. The van der Waals surface area contributed by atoms with E-state index in [1.807, 2.05) is 69.4 Å². The van der Waals surface area contributed by atoms with Gasteiger partial charge < -0.3 is 14.4 Å². The summed E-state index contributed by atoms with van der Waals surface area (Å²) in [6.07, 6.45) is 0. The van der Waals surface area contributed by atoms with Crippen molar-refractivity contribution in [3.8, 4) is 11.5 Å². The molecule has 1 amide bonds. The van der Waals surface area contributed by atoms with E-state index >= 15 is 0 Å². The first-order valence-corrected chi connectivity index (χ1v) is 9.29. The second kappa shape index (κ2) is 9.37. The van der Waals surface area contributed by atoms with Crippen LogP contribution < -0.4 is 9.47 Å². The summed E-state index contributed by atoms with van der Waals surface area (Å²) in [6.45, 7) is 4.62. The lowest BCUT2D eigenvalue weighted by Gasteiger charge is -2.26. The van der Waals surface area contributed by atoms with Gasteiger partial charge in [0.05, 0.1) is 25.5 Å². The molecule has 0 radical (unpaired) electrons. The fourth-order valence-corrected chi connectivity index (χ4v) is 3.30. The smallest absolute Gasteiger partial charge is 0.233 e. The van der Waals surface area contributed by atoms with Crippen molar-refractivity contribution in [2.75, 3.05) is 26.5 Å². The fraction of sp³-hybridized carbons (Fsp3) is 0.350. The SMILES string of the molecule is CCOc1ccc(SCC(=O)N(C)C(C)c2ccccc2OC)cc1. The normalized spacial score (nSPS) is 11.7. The molecule has 2 aromatic carbocycles. The van der Waals surface area contributed by atoms with Gasteiger partial charge in [-0.05, 0) is 44.2 Å². The molecule has 0 aromatic heterocycles. The van der Waals surface area contributed by atoms with E-state index in [-0.39, 0.29) is 11.9 Å². The molecule has 0 heterocycles. The van der Waals surface area contributed by atoms with Crippen LogP contribution in [-0.2, 0) is 4.79 Å². The van der Waals surface area contributed by atoms with E-state index in [0.717, 1.165) is 22.0 Å². The number of ether oxygens (including phenoxy) is 2. The van der Waals surface area contributed by atoms with E-state index in [9.17, 15) is 4.79 Å². The largest absolute Gasteiger partial charge is 0.496 e. The summed E-state index contributed by atoms with van der Waals surface area (Å²) < 4.78 is 10.8. The predicted octanol–water partition coefficient (Wildman–Crippen LogP) is 4.41. The van der Waals surface area contributed by atoms with Crippen LogP contribution in [0, 0.1) is 0 Å². The minimum Gasteiger partial charge on any atom is -0.496 e. The van der Waals surface area contributed by atoms with Gasteiger partial charge in [-0.1, -0.05) is 18.2 Å². The Morgan fingerprint density at radius 2 is 1.84 bits per heavy atom. The minimum atomic E-state index is -0.0513. The molecule has 1 unspecified atom stereocenters. The molecule has 0 aliphatic carbocycles. The van der Waals surface area contributed by atoms with Gasteiger partial charge in [-0.15, -0.1) is 11.8 Å². The molecule has 1 atom stereocenters. The number of thioether (sulfide) groups is 1. The van der Waals surface area contributed by atoms with E-state index in [0.29, 0.717) is 12.4 Å². The fourth-order valence-electron chi connectivity index (χ4n) is 2.48. The van der Waals surface area contributed by atoms with Gasteiger partial charge in [0, 0.05) is 17.5 Å². The van der Waals surface area contributed by atoms with Crippen LogP contribution in [0.25, 0.3) is 0 Å². The van der Waals surface area contributed by atoms with Gasteiger partial charge in [0.25, 0.3) is 0 Å². The number of hydrogen-bond acceptors (Lipinski definition) is 4. The van der Waals surface area contributed by atoms with Crippen LogP contribution in [0.2, 0.25) is 0 Å². The molecule has 0 N–H and O–H groups in total. The molecular formula is C20H25NO3S. The molecule has 0 bridgehead atoms. The highest BCUT2D eigenvalue weighted by atomic mass is 32.2. The number of benzene rings is 2. The number of methoxy groups -OCH3 is 1. The highest BCUT2D eigenvalue weighted by Crippen LogP contribution is 2.29. The Morgan fingerprint density at radius 3 is 2.48 bits per heavy atom. The number of nitrogens with zero attached hydrogens (tertiary/aromatic N) is 1. The monoisotopic (exact) mass is 359 g/mol. The Morgan fingerprint density at radius 1 is 1.16 bits per heavy atom. The van der Waals surface area contributed by atoms with Crippen molar-refractivity contribution in [2.24, 2.45) is 0 Å². The van der Waals surface area contributed by atoms with Gasteiger partial charge in [-0.3, -0.25) is 4.79 Å². The lowest BCUT2D eigenvalue weighted by atomic mass is 10.1. The van der Waals surface area contributed by atoms with Crippen molar-refractivity contribution in [2.45, 2.75) is 24.8 Å². The van der Waals surface area contributed by atoms with Gasteiger partial charge in [-0.2, -0.15) is 0 Å². The molecule has 0 saturated heterocycles. The molecule has 25 heavy (non-hydrogen) atoms. The van der Waals surface area contributed by atoms with Crippen LogP contribution >= 0.6 is 11.8 Å². The van der Waals surface area contributed by atoms with E-state index in [1.54, 1.807) is 12.0 Å². The van der Waals surface area contributed by atoms with Crippen LogP contribution in [-0.4, -0.2) is 37.3 Å². The summed E-state index contributed by atoms with van der Waals surface area (Å²) in [7, 11) is 3.48. The Kier molecular flexibility index (Phi) is 7.19. The number of hydrogen-bond donors (Lipinski definition) is 0.